The molecule has 1 aliphatic heterocycles. The minimum absolute atomic E-state index is 0.0681. The zero-order chi connectivity index (χ0) is 19.6. The van der Waals surface area contributed by atoms with Crippen LogP contribution in [0, 0.1) is 0 Å². The first-order valence-corrected chi connectivity index (χ1v) is 10.5. The summed E-state index contributed by atoms with van der Waals surface area (Å²) in [5, 5.41) is 2.70. The third-order valence-corrected chi connectivity index (χ3v) is 6.03. The Bertz CT molecular complexity index is 1170. The van der Waals surface area contributed by atoms with E-state index in [2.05, 4.69) is 24.8 Å². The van der Waals surface area contributed by atoms with E-state index in [4.69, 9.17) is 4.98 Å². The van der Waals surface area contributed by atoms with E-state index in [9.17, 15) is 4.79 Å². The molecule has 1 N–H and O–H groups in total. The number of piperazine rings is 1. The van der Waals surface area contributed by atoms with E-state index in [0.29, 0.717) is 17.8 Å². The molecule has 0 unspecified atom stereocenters. The Morgan fingerprint density at radius 3 is 2.52 bits per heavy atom. The van der Waals surface area contributed by atoms with Crippen LogP contribution >= 0.6 is 11.3 Å². The van der Waals surface area contributed by atoms with E-state index in [1.54, 1.807) is 12.4 Å². The zero-order valence-corrected chi connectivity index (χ0v) is 16.6. The first kappa shape index (κ1) is 18.0. The largest absolute Gasteiger partial charge is 0.338 e. The Morgan fingerprint density at radius 2 is 1.76 bits per heavy atom. The fourth-order valence-electron chi connectivity index (χ4n) is 3.67. The molecular formula is C21H20N6OS. The molecule has 5 rings (SSSR count). The van der Waals surface area contributed by atoms with Crippen LogP contribution in [0.15, 0.2) is 59.0 Å². The number of fused-ring (bicyclic) bond motifs is 1. The van der Waals surface area contributed by atoms with Crippen LogP contribution in [-0.2, 0) is 6.54 Å². The Balaban J connectivity index is 1.33. The quantitative estimate of drug-likeness (QED) is 0.564. The summed E-state index contributed by atoms with van der Waals surface area (Å²) in [5.74, 6) is 1.49. The number of anilines is 1. The highest BCUT2D eigenvalue weighted by atomic mass is 32.1. The summed E-state index contributed by atoms with van der Waals surface area (Å²) in [5.41, 5.74) is 1.92. The highest BCUT2D eigenvalue weighted by Gasteiger charge is 2.20. The van der Waals surface area contributed by atoms with Gasteiger partial charge in [0.25, 0.3) is 5.56 Å². The fraction of sp³-hybridized carbons (Fsp3) is 0.238. The highest BCUT2D eigenvalue weighted by molar-refractivity contribution is 7.17. The van der Waals surface area contributed by atoms with Crippen LogP contribution in [0.2, 0.25) is 0 Å². The van der Waals surface area contributed by atoms with E-state index in [1.165, 1.54) is 11.3 Å². The SMILES string of the molecule is O=c1[nH]c(CN2CCN(c3ncccn3)CC2)nc2scc(-c3ccccc3)c12. The van der Waals surface area contributed by atoms with Crippen molar-refractivity contribution in [2.24, 2.45) is 0 Å². The molecule has 1 aliphatic rings. The number of aromatic amines is 1. The van der Waals surface area contributed by atoms with Gasteiger partial charge in [0.15, 0.2) is 0 Å². The van der Waals surface area contributed by atoms with E-state index >= 15 is 0 Å². The monoisotopic (exact) mass is 404 g/mol. The molecule has 3 aromatic heterocycles. The van der Waals surface area contributed by atoms with Crippen molar-refractivity contribution in [3.63, 3.8) is 0 Å². The molecular weight excluding hydrogens is 384 g/mol. The van der Waals surface area contributed by atoms with Gasteiger partial charge in [-0.05, 0) is 11.6 Å². The van der Waals surface area contributed by atoms with Crippen molar-refractivity contribution < 1.29 is 0 Å². The van der Waals surface area contributed by atoms with Gasteiger partial charge in [-0.3, -0.25) is 9.69 Å². The molecule has 4 heterocycles. The maximum Gasteiger partial charge on any atom is 0.260 e. The second kappa shape index (κ2) is 7.73. The molecule has 1 fully saturated rings. The second-order valence-corrected chi connectivity index (χ2v) is 7.88. The average Bonchev–Trinajstić information content (AvgIpc) is 3.20. The van der Waals surface area contributed by atoms with Crippen LogP contribution in [-0.4, -0.2) is 51.0 Å². The number of aromatic nitrogens is 4. The molecule has 0 radical (unpaired) electrons. The van der Waals surface area contributed by atoms with Gasteiger partial charge in [-0.25, -0.2) is 15.0 Å². The third-order valence-electron chi connectivity index (χ3n) is 5.16. The Hall–Kier alpha value is -3.10. The lowest BCUT2D eigenvalue weighted by Crippen LogP contribution is -2.46. The van der Waals surface area contributed by atoms with Crippen molar-refractivity contribution in [3.05, 3.63) is 70.4 Å². The molecule has 0 amide bonds. The molecule has 0 saturated carbocycles. The Kier molecular flexibility index (Phi) is 4.79. The van der Waals surface area contributed by atoms with Gasteiger partial charge >= 0.3 is 0 Å². The topological polar surface area (TPSA) is 78.0 Å². The van der Waals surface area contributed by atoms with Crippen molar-refractivity contribution in [1.82, 2.24) is 24.8 Å². The second-order valence-electron chi connectivity index (χ2n) is 7.02. The molecule has 1 saturated heterocycles. The lowest BCUT2D eigenvalue weighted by atomic mass is 10.1. The summed E-state index contributed by atoms with van der Waals surface area (Å²) < 4.78 is 0. The summed E-state index contributed by atoms with van der Waals surface area (Å²) in [6.07, 6.45) is 3.53. The number of hydrogen-bond acceptors (Lipinski definition) is 7. The number of rotatable bonds is 4. The lowest BCUT2D eigenvalue weighted by Gasteiger charge is -2.34. The zero-order valence-electron chi connectivity index (χ0n) is 15.8. The number of benzene rings is 1. The summed E-state index contributed by atoms with van der Waals surface area (Å²) in [7, 11) is 0. The molecule has 0 atom stereocenters. The van der Waals surface area contributed by atoms with Gasteiger partial charge in [-0.2, -0.15) is 0 Å². The van der Waals surface area contributed by atoms with Crippen molar-refractivity contribution in [1.29, 1.82) is 0 Å². The predicted molar refractivity (Wildman–Crippen MR) is 115 cm³/mol. The standard InChI is InChI=1S/C21H20N6OS/c28-19-18-16(15-5-2-1-3-6-15)14-29-20(18)25-17(24-19)13-26-9-11-27(12-10-26)21-22-7-4-8-23-21/h1-8,14H,9-13H2,(H,24,25,28). The number of thiophene rings is 1. The number of nitrogens with zero attached hydrogens (tertiary/aromatic N) is 5. The predicted octanol–water partition coefficient (Wildman–Crippen LogP) is 2.76. The molecule has 0 spiro atoms. The summed E-state index contributed by atoms with van der Waals surface area (Å²) >= 11 is 1.52. The first-order valence-electron chi connectivity index (χ1n) is 9.58. The average molecular weight is 404 g/mol. The molecule has 146 valence electrons. The first-order chi connectivity index (χ1) is 14.3. The molecule has 8 heteroatoms. The highest BCUT2D eigenvalue weighted by Crippen LogP contribution is 2.30. The molecule has 7 nitrogen and oxygen atoms in total. The maximum absolute atomic E-state index is 12.8. The minimum atomic E-state index is -0.0681. The van der Waals surface area contributed by atoms with Gasteiger partial charge in [-0.1, -0.05) is 30.3 Å². The molecule has 4 aromatic rings. The van der Waals surface area contributed by atoms with E-state index < -0.39 is 0 Å². The van der Waals surface area contributed by atoms with Crippen molar-refractivity contribution in [2.75, 3.05) is 31.1 Å². The summed E-state index contributed by atoms with van der Waals surface area (Å²) in [6, 6.07) is 11.8. The number of hydrogen-bond donors (Lipinski definition) is 1. The van der Waals surface area contributed by atoms with Crippen molar-refractivity contribution in [3.8, 4) is 11.1 Å². The molecule has 1 aromatic carbocycles. The normalized spacial score (nSPS) is 15.1. The van der Waals surface area contributed by atoms with Gasteiger partial charge in [-0.15, -0.1) is 11.3 Å². The van der Waals surface area contributed by atoms with Crippen LogP contribution in [0.3, 0.4) is 0 Å². The van der Waals surface area contributed by atoms with Gasteiger partial charge in [0.2, 0.25) is 5.95 Å². The van der Waals surface area contributed by atoms with Gasteiger partial charge in [0, 0.05) is 49.5 Å². The van der Waals surface area contributed by atoms with Crippen LogP contribution < -0.4 is 10.5 Å². The molecule has 0 aliphatic carbocycles. The third kappa shape index (κ3) is 3.64. The van der Waals surface area contributed by atoms with Gasteiger partial charge < -0.3 is 9.88 Å². The van der Waals surface area contributed by atoms with Crippen LogP contribution in [0.1, 0.15) is 5.82 Å². The van der Waals surface area contributed by atoms with Crippen molar-refractivity contribution >= 4 is 27.5 Å². The molecule has 0 bridgehead atoms. The van der Waals surface area contributed by atoms with Gasteiger partial charge in [0.05, 0.1) is 11.9 Å². The lowest BCUT2D eigenvalue weighted by molar-refractivity contribution is 0.243. The van der Waals surface area contributed by atoms with Crippen LogP contribution in [0.5, 0.6) is 0 Å². The number of nitrogens with one attached hydrogen (secondary N) is 1. The van der Waals surface area contributed by atoms with Crippen molar-refractivity contribution in [2.45, 2.75) is 6.54 Å². The Labute approximate surface area is 171 Å². The summed E-state index contributed by atoms with van der Waals surface area (Å²) in [4.78, 5) is 34.5. The maximum atomic E-state index is 12.8. The fourth-order valence-corrected chi connectivity index (χ4v) is 4.64. The minimum Gasteiger partial charge on any atom is -0.338 e. The molecule has 29 heavy (non-hydrogen) atoms. The van der Waals surface area contributed by atoms with Crippen LogP contribution in [0.4, 0.5) is 5.95 Å². The van der Waals surface area contributed by atoms with E-state index in [1.807, 2.05) is 41.8 Å². The van der Waals surface area contributed by atoms with Gasteiger partial charge in [0.1, 0.15) is 10.7 Å². The van der Waals surface area contributed by atoms with E-state index in [0.717, 1.165) is 48.1 Å². The van der Waals surface area contributed by atoms with Crippen LogP contribution in [0.25, 0.3) is 21.3 Å². The smallest absolute Gasteiger partial charge is 0.260 e. The summed E-state index contributed by atoms with van der Waals surface area (Å²) in [6.45, 7) is 4.09. The number of H-pyrrole nitrogens is 1. The Morgan fingerprint density at radius 1 is 1.00 bits per heavy atom. The van der Waals surface area contributed by atoms with E-state index in [-0.39, 0.29) is 5.56 Å².